The Labute approximate surface area is 142 Å². The molecule has 4 nitrogen and oxygen atoms in total. The van der Waals surface area contributed by atoms with E-state index in [4.69, 9.17) is 14.2 Å². The van der Waals surface area contributed by atoms with Crippen LogP contribution in [-0.4, -0.2) is 31.6 Å². The van der Waals surface area contributed by atoms with Gasteiger partial charge < -0.3 is 14.2 Å². The Bertz CT molecular complexity index is 306. The van der Waals surface area contributed by atoms with E-state index in [1.54, 1.807) is 7.11 Å². The van der Waals surface area contributed by atoms with E-state index in [1.165, 1.54) is 51.9 Å². The van der Waals surface area contributed by atoms with Crippen molar-refractivity contribution in [1.29, 1.82) is 0 Å². The second-order valence-corrected chi connectivity index (χ2v) is 6.68. The number of methoxy groups -OCH3 is 1. The van der Waals surface area contributed by atoms with Gasteiger partial charge in [-0.2, -0.15) is 0 Å². The van der Waals surface area contributed by atoms with Gasteiger partial charge in [0.2, 0.25) is 0 Å². The van der Waals surface area contributed by atoms with E-state index in [1.807, 2.05) is 0 Å². The van der Waals surface area contributed by atoms with Crippen LogP contribution in [0.3, 0.4) is 0 Å². The van der Waals surface area contributed by atoms with Gasteiger partial charge in [-0.05, 0) is 32.1 Å². The molecule has 4 heteroatoms. The normalized spacial score (nSPS) is 22.7. The minimum absolute atomic E-state index is 0.0119. The molecule has 1 aliphatic heterocycles. The molecule has 0 amide bonds. The molecule has 1 aliphatic rings. The summed E-state index contributed by atoms with van der Waals surface area (Å²) in [5.41, 5.74) is 0. The molecular formula is C19H36O4. The Morgan fingerprint density at radius 1 is 1.09 bits per heavy atom. The third kappa shape index (κ3) is 9.31. The number of carbonyl (C=O) groups is 1. The molecule has 0 aromatic carbocycles. The van der Waals surface area contributed by atoms with Crippen LogP contribution in [0.5, 0.6) is 0 Å². The average molecular weight is 328 g/mol. The summed E-state index contributed by atoms with van der Waals surface area (Å²) in [6, 6.07) is 0. The first-order chi connectivity index (χ1) is 11.2. The second-order valence-electron chi connectivity index (χ2n) is 6.68. The fourth-order valence-corrected chi connectivity index (χ4v) is 3.28. The molecule has 0 aromatic heterocycles. The molecule has 1 fully saturated rings. The summed E-state index contributed by atoms with van der Waals surface area (Å²) in [4.78, 5) is 11.4. The van der Waals surface area contributed by atoms with Crippen LogP contribution in [0.15, 0.2) is 0 Å². The van der Waals surface area contributed by atoms with Crippen molar-refractivity contribution >= 4 is 5.97 Å². The molecule has 0 spiro atoms. The molecule has 1 heterocycles. The monoisotopic (exact) mass is 328 g/mol. The van der Waals surface area contributed by atoms with Crippen LogP contribution in [-0.2, 0) is 19.0 Å². The van der Waals surface area contributed by atoms with Crippen molar-refractivity contribution in [2.24, 2.45) is 0 Å². The van der Waals surface area contributed by atoms with E-state index in [-0.39, 0.29) is 24.5 Å². The van der Waals surface area contributed by atoms with Crippen molar-refractivity contribution in [1.82, 2.24) is 0 Å². The van der Waals surface area contributed by atoms with Crippen molar-refractivity contribution in [3.8, 4) is 0 Å². The van der Waals surface area contributed by atoms with Crippen molar-refractivity contribution in [2.75, 3.05) is 7.11 Å². The van der Waals surface area contributed by atoms with Gasteiger partial charge in [0.25, 0.3) is 0 Å². The van der Waals surface area contributed by atoms with Crippen LogP contribution >= 0.6 is 0 Å². The Morgan fingerprint density at radius 3 is 2.35 bits per heavy atom. The van der Waals surface area contributed by atoms with E-state index >= 15 is 0 Å². The Kier molecular flexibility index (Phi) is 11.3. The van der Waals surface area contributed by atoms with Crippen molar-refractivity contribution < 1.29 is 19.0 Å². The van der Waals surface area contributed by atoms with Gasteiger partial charge in [-0.15, -0.1) is 0 Å². The van der Waals surface area contributed by atoms with E-state index < -0.39 is 0 Å². The summed E-state index contributed by atoms with van der Waals surface area (Å²) in [5, 5.41) is 0. The third-order valence-corrected chi connectivity index (χ3v) is 4.59. The van der Waals surface area contributed by atoms with Crippen molar-refractivity contribution in [3.63, 3.8) is 0 Å². The first-order valence-electron chi connectivity index (χ1n) is 9.52. The Balaban J connectivity index is 2.24. The molecule has 0 aliphatic carbocycles. The van der Waals surface area contributed by atoms with Gasteiger partial charge in [0.05, 0.1) is 6.10 Å². The lowest BCUT2D eigenvalue weighted by Gasteiger charge is -2.33. The molecule has 0 aromatic rings. The van der Waals surface area contributed by atoms with Gasteiger partial charge in [-0.1, -0.05) is 51.9 Å². The zero-order chi connectivity index (χ0) is 16.9. The number of esters is 1. The second kappa shape index (κ2) is 12.8. The highest BCUT2D eigenvalue weighted by molar-refractivity contribution is 5.66. The molecule has 1 unspecified atom stereocenters. The van der Waals surface area contributed by atoms with Gasteiger partial charge in [0.15, 0.2) is 6.29 Å². The topological polar surface area (TPSA) is 44.8 Å². The largest absolute Gasteiger partial charge is 0.460 e. The SMILES string of the molecule is CCCCCCCCCC[C@H](OC(C)=O)[C@H]1CCCC(OC)O1. The maximum Gasteiger partial charge on any atom is 0.302 e. The number of rotatable bonds is 12. The molecule has 1 rings (SSSR count). The van der Waals surface area contributed by atoms with Crippen LogP contribution in [0, 0.1) is 0 Å². The first-order valence-corrected chi connectivity index (χ1v) is 9.52. The van der Waals surface area contributed by atoms with Gasteiger partial charge in [-0.3, -0.25) is 4.79 Å². The number of unbranched alkanes of at least 4 members (excludes halogenated alkanes) is 7. The first kappa shape index (κ1) is 20.4. The van der Waals surface area contributed by atoms with E-state index in [0.717, 1.165) is 32.1 Å². The Hall–Kier alpha value is -0.610. The van der Waals surface area contributed by atoms with Gasteiger partial charge in [0, 0.05) is 14.0 Å². The standard InChI is InChI=1S/C19H36O4/c1-4-5-6-7-8-9-10-11-13-17(22-16(2)20)18-14-12-15-19(21-3)23-18/h17-19H,4-15H2,1-3H3/t17-,18+,19?/m0/s1. The molecule has 0 saturated carbocycles. The highest BCUT2D eigenvalue weighted by Crippen LogP contribution is 2.26. The molecule has 23 heavy (non-hydrogen) atoms. The number of hydrogen-bond donors (Lipinski definition) is 0. The van der Waals surface area contributed by atoms with Crippen molar-refractivity contribution in [2.45, 2.75) is 109 Å². The summed E-state index contributed by atoms with van der Waals surface area (Å²) < 4.78 is 16.7. The zero-order valence-corrected chi connectivity index (χ0v) is 15.4. The van der Waals surface area contributed by atoms with E-state index in [0.29, 0.717) is 0 Å². The molecule has 3 atom stereocenters. The predicted molar refractivity (Wildman–Crippen MR) is 92.3 cm³/mol. The predicted octanol–water partition coefficient (Wildman–Crippen LogP) is 4.99. The summed E-state index contributed by atoms with van der Waals surface area (Å²) in [6.45, 7) is 3.73. The van der Waals surface area contributed by atoms with Gasteiger partial charge >= 0.3 is 5.97 Å². The summed E-state index contributed by atoms with van der Waals surface area (Å²) in [7, 11) is 1.67. The minimum atomic E-state index is -0.210. The quantitative estimate of drug-likeness (QED) is 0.374. The van der Waals surface area contributed by atoms with Crippen molar-refractivity contribution in [3.05, 3.63) is 0 Å². The maximum atomic E-state index is 11.4. The van der Waals surface area contributed by atoms with Crippen LogP contribution in [0.1, 0.15) is 90.9 Å². The highest BCUT2D eigenvalue weighted by atomic mass is 16.7. The Morgan fingerprint density at radius 2 is 1.74 bits per heavy atom. The van der Waals surface area contributed by atoms with Crippen LogP contribution in [0.4, 0.5) is 0 Å². The molecule has 0 bridgehead atoms. The lowest BCUT2D eigenvalue weighted by Crippen LogP contribution is -2.39. The summed E-state index contributed by atoms with van der Waals surface area (Å²) in [6.07, 6.45) is 13.9. The van der Waals surface area contributed by atoms with Crippen LogP contribution in [0.25, 0.3) is 0 Å². The molecule has 0 radical (unpaired) electrons. The maximum absolute atomic E-state index is 11.4. The number of ether oxygens (including phenoxy) is 3. The fraction of sp³-hybridized carbons (Fsp3) is 0.947. The zero-order valence-electron chi connectivity index (χ0n) is 15.4. The molecule has 136 valence electrons. The smallest absolute Gasteiger partial charge is 0.302 e. The highest BCUT2D eigenvalue weighted by Gasteiger charge is 2.30. The minimum Gasteiger partial charge on any atom is -0.460 e. The molecule has 1 saturated heterocycles. The lowest BCUT2D eigenvalue weighted by atomic mass is 9.98. The number of hydrogen-bond acceptors (Lipinski definition) is 4. The third-order valence-electron chi connectivity index (χ3n) is 4.59. The average Bonchev–Trinajstić information content (AvgIpc) is 2.56. The lowest BCUT2D eigenvalue weighted by molar-refractivity contribution is -0.211. The summed E-state index contributed by atoms with van der Waals surface area (Å²) in [5.74, 6) is -0.210. The van der Waals surface area contributed by atoms with Gasteiger partial charge in [-0.25, -0.2) is 0 Å². The summed E-state index contributed by atoms with van der Waals surface area (Å²) >= 11 is 0. The van der Waals surface area contributed by atoms with E-state index in [9.17, 15) is 4.79 Å². The number of carbonyl (C=O) groups excluding carboxylic acids is 1. The molecule has 0 N–H and O–H groups in total. The van der Waals surface area contributed by atoms with Gasteiger partial charge in [0.1, 0.15) is 6.10 Å². The fourth-order valence-electron chi connectivity index (χ4n) is 3.28. The van der Waals surface area contributed by atoms with E-state index in [2.05, 4.69) is 6.92 Å². The van der Waals surface area contributed by atoms with Crippen LogP contribution < -0.4 is 0 Å². The van der Waals surface area contributed by atoms with Crippen LogP contribution in [0.2, 0.25) is 0 Å². The molecular weight excluding hydrogens is 292 g/mol.